The van der Waals surface area contributed by atoms with Crippen LogP contribution in [0.2, 0.25) is 0 Å². The number of rotatable bonds is 7. The predicted molar refractivity (Wildman–Crippen MR) is 107 cm³/mol. The Morgan fingerprint density at radius 3 is 2.56 bits per heavy atom. The van der Waals surface area contributed by atoms with Gasteiger partial charge in [-0.15, -0.1) is 11.6 Å². The van der Waals surface area contributed by atoms with Gasteiger partial charge in [-0.25, -0.2) is 9.18 Å². The molecule has 0 heterocycles. The standard InChI is InChI=1S/C19H19BrClFN2O3/c1-13(21)11-18(25)27-19(26)23-9-10-24(16-7-5-15(22)6-8-16)17-4-2-3-14(20)12-17/h2-8,12-13H,9-11H2,1H3,(H,23,26). The van der Waals surface area contributed by atoms with Crippen LogP contribution in [0, 0.1) is 5.82 Å². The molecule has 0 aliphatic heterocycles. The van der Waals surface area contributed by atoms with E-state index in [9.17, 15) is 14.0 Å². The van der Waals surface area contributed by atoms with Crippen molar-refractivity contribution in [3.05, 3.63) is 58.8 Å². The van der Waals surface area contributed by atoms with Gasteiger partial charge in [0.2, 0.25) is 0 Å². The van der Waals surface area contributed by atoms with Crippen LogP contribution in [0.5, 0.6) is 0 Å². The normalized spacial score (nSPS) is 11.6. The summed E-state index contributed by atoms with van der Waals surface area (Å²) in [7, 11) is 0. The number of halogens is 3. The van der Waals surface area contributed by atoms with Gasteiger partial charge < -0.3 is 15.0 Å². The number of amides is 1. The van der Waals surface area contributed by atoms with Crippen molar-refractivity contribution in [3.63, 3.8) is 0 Å². The molecule has 1 amide bonds. The Bertz CT molecular complexity index is 787. The molecule has 0 saturated heterocycles. The summed E-state index contributed by atoms with van der Waals surface area (Å²) in [5.41, 5.74) is 1.62. The van der Waals surface area contributed by atoms with Crippen LogP contribution >= 0.6 is 27.5 Å². The summed E-state index contributed by atoms with van der Waals surface area (Å²) in [4.78, 5) is 25.1. The van der Waals surface area contributed by atoms with E-state index in [0.717, 1.165) is 15.8 Å². The zero-order chi connectivity index (χ0) is 19.8. The van der Waals surface area contributed by atoms with Crippen LogP contribution in [-0.2, 0) is 9.53 Å². The Hall–Kier alpha value is -2.12. The number of alkyl carbamates (subject to hydrolysis) is 1. The predicted octanol–water partition coefficient (Wildman–Crippen LogP) is 5.00. The maximum absolute atomic E-state index is 13.2. The van der Waals surface area contributed by atoms with Crippen molar-refractivity contribution in [2.24, 2.45) is 0 Å². The van der Waals surface area contributed by atoms with Crippen molar-refractivity contribution in [2.45, 2.75) is 18.7 Å². The molecule has 2 aromatic carbocycles. The van der Waals surface area contributed by atoms with Crippen LogP contribution in [0.4, 0.5) is 20.6 Å². The van der Waals surface area contributed by atoms with Crippen molar-refractivity contribution in [1.29, 1.82) is 0 Å². The lowest BCUT2D eigenvalue weighted by Gasteiger charge is -2.25. The first kappa shape index (κ1) is 21.2. The highest BCUT2D eigenvalue weighted by atomic mass is 79.9. The molecule has 0 aliphatic rings. The fraction of sp³-hybridized carbons (Fsp3) is 0.263. The van der Waals surface area contributed by atoms with Crippen molar-refractivity contribution in [1.82, 2.24) is 5.32 Å². The van der Waals surface area contributed by atoms with Gasteiger partial charge in [-0.3, -0.25) is 4.79 Å². The van der Waals surface area contributed by atoms with E-state index < -0.39 is 17.4 Å². The Balaban J connectivity index is 2.02. The zero-order valence-corrected chi connectivity index (χ0v) is 17.0. The lowest BCUT2D eigenvalue weighted by atomic mass is 10.2. The molecule has 0 radical (unpaired) electrons. The molecular weight excluding hydrogens is 439 g/mol. The molecule has 0 saturated carbocycles. The topological polar surface area (TPSA) is 58.6 Å². The minimum atomic E-state index is -0.828. The maximum atomic E-state index is 13.2. The highest BCUT2D eigenvalue weighted by Gasteiger charge is 2.14. The minimum Gasteiger partial charge on any atom is -0.376 e. The average Bonchev–Trinajstić information content (AvgIpc) is 2.59. The molecule has 5 nitrogen and oxygen atoms in total. The number of ether oxygens (including phenoxy) is 1. The quantitative estimate of drug-likeness (QED) is 0.361. The Kier molecular flexibility index (Phi) is 8.06. The van der Waals surface area contributed by atoms with Crippen LogP contribution in [0.15, 0.2) is 53.0 Å². The van der Waals surface area contributed by atoms with Gasteiger partial charge in [0, 0.05) is 34.3 Å². The average molecular weight is 458 g/mol. The smallest absolute Gasteiger partial charge is 0.376 e. The summed E-state index contributed by atoms with van der Waals surface area (Å²) in [5, 5.41) is 2.12. The lowest BCUT2D eigenvalue weighted by Crippen LogP contribution is -2.34. The van der Waals surface area contributed by atoms with Crippen molar-refractivity contribution in [3.8, 4) is 0 Å². The van der Waals surface area contributed by atoms with Gasteiger partial charge in [0.1, 0.15) is 5.82 Å². The number of nitrogens with one attached hydrogen (secondary N) is 1. The minimum absolute atomic E-state index is 0.0469. The molecule has 0 aromatic heterocycles. The summed E-state index contributed by atoms with van der Waals surface area (Å²) in [6.45, 7) is 2.24. The Labute approximate surface area is 170 Å². The Morgan fingerprint density at radius 2 is 1.93 bits per heavy atom. The van der Waals surface area contributed by atoms with Gasteiger partial charge in [0.15, 0.2) is 0 Å². The first-order valence-electron chi connectivity index (χ1n) is 8.26. The molecule has 0 spiro atoms. The number of anilines is 2. The molecule has 1 atom stereocenters. The SMILES string of the molecule is CC(Cl)CC(=O)OC(=O)NCCN(c1ccc(F)cc1)c1cccc(Br)c1. The molecule has 0 fully saturated rings. The summed E-state index contributed by atoms with van der Waals surface area (Å²) in [5.74, 6) is -1.01. The number of nitrogens with zero attached hydrogens (tertiary/aromatic N) is 1. The number of benzene rings is 2. The number of esters is 1. The number of hydrogen-bond donors (Lipinski definition) is 1. The van der Waals surface area contributed by atoms with Crippen LogP contribution in [0.3, 0.4) is 0 Å². The molecule has 1 N–H and O–H groups in total. The molecule has 8 heteroatoms. The third-order valence-corrected chi connectivity index (χ3v) is 4.16. The van der Waals surface area contributed by atoms with Gasteiger partial charge in [-0.1, -0.05) is 22.0 Å². The van der Waals surface area contributed by atoms with E-state index in [1.54, 1.807) is 19.1 Å². The molecular formula is C19H19BrClFN2O3. The molecule has 0 bridgehead atoms. The molecule has 2 rings (SSSR count). The maximum Gasteiger partial charge on any atom is 0.414 e. The van der Waals surface area contributed by atoms with E-state index in [4.69, 9.17) is 11.6 Å². The highest BCUT2D eigenvalue weighted by molar-refractivity contribution is 9.10. The van der Waals surface area contributed by atoms with E-state index in [0.29, 0.717) is 6.54 Å². The summed E-state index contributed by atoms with van der Waals surface area (Å²) < 4.78 is 18.8. The summed E-state index contributed by atoms with van der Waals surface area (Å²) >= 11 is 9.12. The van der Waals surface area contributed by atoms with Crippen molar-refractivity contribution in [2.75, 3.05) is 18.0 Å². The van der Waals surface area contributed by atoms with Crippen molar-refractivity contribution < 1.29 is 18.7 Å². The van der Waals surface area contributed by atoms with Crippen molar-refractivity contribution >= 4 is 51.0 Å². The largest absolute Gasteiger partial charge is 0.414 e. The molecule has 1 unspecified atom stereocenters. The van der Waals surface area contributed by atoms with E-state index in [-0.39, 0.29) is 18.8 Å². The zero-order valence-electron chi connectivity index (χ0n) is 14.6. The second-order valence-electron chi connectivity index (χ2n) is 5.78. The second-order valence-corrected chi connectivity index (χ2v) is 7.44. The number of carbonyl (C=O) groups excluding carboxylic acids is 2. The van der Waals surface area contributed by atoms with E-state index in [1.807, 2.05) is 29.2 Å². The third kappa shape index (κ3) is 7.19. The highest BCUT2D eigenvalue weighted by Crippen LogP contribution is 2.27. The van der Waals surface area contributed by atoms with Crippen LogP contribution < -0.4 is 10.2 Å². The number of hydrogen-bond acceptors (Lipinski definition) is 4. The molecule has 144 valence electrons. The summed E-state index contributed by atoms with van der Waals surface area (Å²) in [6.07, 6.45) is -0.875. The van der Waals surface area contributed by atoms with Gasteiger partial charge in [-0.05, 0) is 49.4 Å². The second kappa shape index (κ2) is 10.3. The molecule has 27 heavy (non-hydrogen) atoms. The molecule has 2 aromatic rings. The fourth-order valence-corrected chi connectivity index (χ4v) is 2.87. The third-order valence-electron chi connectivity index (χ3n) is 3.52. The van der Waals surface area contributed by atoms with E-state index in [2.05, 4.69) is 26.0 Å². The number of carbonyl (C=O) groups is 2. The van der Waals surface area contributed by atoms with E-state index in [1.165, 1.54) is 12.1 Å². The van der Waals surface area contributed by atoms with Crippen LogP contribution in [0.25, 0.3) is 0 Å². The summed E-state index contributed by atoms with van der Waals surface area (Å²) in [6, 6.07) is 13.6. The van der Waals surface area contributed by atoms with Gasteiger partial charge >= 0.3 is 12.1 Å². The van der Waals surface area contributed by atoms with Gasteiger partial charge in [-0.2, -0.15) is 0 Å². The fourth-order valence-electron chi connectivity index (χ4n) is 2.35. The first-order chi connectivity index (χ1) is 12.8. The van der Waals surface area contributed by atoms with Gasteiger partial charge in [0.25, 0.3) is 0 Å². The molecule has 0 aliphatic carbocycles. The van der Waals surface area contributed by atoms with Crippen LogP contribution in [-0.4, -0.2) is 30.5 Å². The van der Waals surface area contributed by atoms with E-state index >= 15 is 0 Å². The van der Waals surface area contributed by atoms with Crippen LogP contribution in [0.1, 0.15) is 13.3 Å². The van der Waals surface area contributed by atoms with Gasteiger partial charge in [0.05, 0.1) is 6.42 Å². The first-order valence-corrected chi connectivity index (χ1v) is 9.49. The number of alkyl halides is 1. The Morgan fingerprint density at radius 1 is 1.22 bits per heavy atom. The monoisotopic (exact) mass is 456 g/mol. The lowest BCUT2D eigenvalue weighted by molar-refractivity contribution is -0.137.